The number of benzene rings is 2. The van der Waals surface area contributed by atoms with Crippen LogP contribution in [0.25, 0.3) is 0 Å². The average molecular weight is 297 g/mol. The molecule has 1 amide bonds. The predicted molar refractivity (Wildman–Crippen MR) is 86.3 cm³/mol. The van der Waals surface area contributed by atoms with Gasteiger partial charge in [-0.25, -0.2) is 4.79 Å². The first-order valence-electron chi connectivity index (χ1n) is 7.18. The third-order valence-electron chi connectivity index (χ3n) is 3.44. The highest BCUT2D eigenvalue weighted by Crippen LogP contribution is 2.24. The van der Waals surface area contributed by atoms with Crippen LogP contribution in [0, 0.1) is 13.8 Å². The van der Waals surface area contributed by atoms with E-state index in [0.717, 1.165) is 5.56 Å². The molecule has 4 nitrogen and oxygen atoms in total. The Morgan fingerprint density at radius 1 is 1.05 bits per heavy atom. The number of esters is 1. The van der Waals surface area contributed by atoms with Crippen LogP contribution in [0.5, 0.6) is 0 Å². The maximum absolute atomic E-state index is 12.2. The van der Waals surface area contributed by atoms with Gasteiger partial charge in [0.1, 0.15) is 0 Å². The molecule has 0 unspecified atom stereocenters. The van der Waals surface area contributed by atoms with E-state index in [4.69, 9.17) is 4.74 Å². The van der Waals surface area contributed by atoms with Crippen LogP contribution in [0.15, 0.2) is 42.5 Å². The Balaban J connectivity index is 2.31. The minimum Gasteiger partial charge on any atom is -0.462 e. The van der Waals surface area contributed by atoms with Crippen molar-refractivity contribution in [3.05, 3.63) is 64.7 Å². The van der Waals surface area contributed by atoms with E-state index in [1.165, 1.54) is 0 Å². The highest BCUT2D eigenvalue weighted by molar-refractivity contribution is 6.05. The van der Waals surface area contributed by atoms with Crippen molar-refractivity contribution in [3.8, 4) is 0 Å². The van der Waals surface area contributed by atoms with Gasteiger partial charge in [0, 0.05) is 11.3 Å². The number of rotatable bonds is 4. The quantitative estimate of drug-likeness (QED) is 0.875. The van der Waals surface area contributed by atoms with Crippen molar-refractivity contribution in [2.24, 2.45) is 0 Å². The summed E-state index contributed by atoms with van der Waals surface area (Å²) < 4.78 is 5.08. The molecule has 0 radical (unpaired) electrons. The Hall–Kier alpha value is -2.62. The Bertz CT molecular complexity index is 693. The van der Waals surface area contributed by atoms with Gasteiger partial charge in [-0.2, -0.15) is 0 Å². The van der Waals surface area contributed by atoms with Gasteiger partial charge in [0.15, 0.2) is 0 Å². The zero-order valence-corrected chi connectivity index (χ0v) is 13.0. The van der Waals surface area contributed by atoms with Crippen LogP contribution in [0.3, 0.4) is 0 Å². The second-order valence-corrected chi connectivity index (χ2v) is 4.97. The Kier molecular flexibility index (Phi) is 4.94. The second kappa shape index (κ2) is 6.89. The summed E-state index contributed by atoms with van der Waals surface area (Å²) in [6.45, 7) is 5.74. The number of carbonyl (C=O) groups is 2. The molecule has 0 aromatic heterocycles. The summed E-state index contributed by atoms with van der Waals surface area (Å²) in [6, 6.07) is 12.6. The van der Waals surface area contributed by atoms with Crippen LogP contribution >= 0.6 is 0 Å². The van der Waals surface area contributed by atoms with Crippen LogP contribution in [0.1, 0.15) is 38.8 Å². The molecule has 0 spiro atoms. The Morgan fingerprint density at radius 3 is 2.36 bits per heavy atom. The molecule has 0 atom stereocenters. The second-order valence-electron chi connectivity index (χ2n) is 4.97. The Morgan fingerprint density at radius 2 is 1.73 bits per heavy atom. The van der Waals surface area contributed by atoms with Crippen molar-refractivity contribution in [3.63, 3.8) is 0 Å². The van der Waals surface area contributed by atoms with Crippen molar-refractivity contribution in [1.29, 1.82) is 0 Å². The fourth-order valence-corrected chi connectivity index (χ4v) is 2.28. The molecule has 0 aliphatic carbocycles. The lowest BCUT2D eigenvalue weighted by atomic mass is 10.0. The van der Waals surface area contributed by atoms with E-state index in [0.29, 0.717) is 29.0 Å². The van der Waals surface area contributed by atoms with E-state index in [2.05, 4.69) is 5.32 Å². The summed E-state index contributed by atoms with van der Waals surface area (Å²) in [5, 5.41) is 2.84. The summed E-state index contributed by atoms with van der Waals surface area (Å²) >= 11 is 0. The molecule has 0 aliphatic rings. The van der Waals surface area contributed by atoms with Gasteiger partial charge >= 0.3 is 5.97 Å². The number of aryl methyl sites for hydroxylation is 1. The molecule has 0 bridgehead atoms. The first kappa shape index (κ1) is 15.8. The number of ether oxygens (including phenoxy) is 1. The van der Waals surface area contributed by atoms with E-state index < -0.39 is 0 Å². The fourth-order valence-electron chi connectivity index (χ4n) is 2.28. The van der Waals surface area contributed by atoms with E-state index in [9.17, 15) is 9.59 Å². The molecule has 4 heteroatoms. The van der Waals surface area contributed by atoms with Gasteiger partial charge in [-0.1, -0.05) is 24.3 Å². The monoisotopic (exact) mass is 297 g/mol. The van der Waals surface area contributed by atoms with Gasteiger partial charge in [-0.05, 0) is 50.1 Å². The molecular formula is C18H19NO3. The van der Waals surface area contributed by atoms with E-state index in [1.54, 1.807) is 50.2 Å². The number of nitrogens with one attached hydrogen (secondary N) is 1. The molecule has 2 aromatic carbocycles. The van der Waals surface area contributed by atoms with Gasteiger partial charge in [0.2, 0.25) is 0 Å². The van der Waals surface area contributed by atoms with Crippen LogP contribution in [-0.4, -0.2) is 18.5 Å². The fraction of sp³-hybridized carbons (Fsp3) is 0.222. The first-order valence-corrected chi connectivity index (χ1v) is 7.18. The van der Waals surface area contributed by atoms with Gasteiger partial charge in [0.05, 0.1) is 12.2 Å². The predicted octanol–water partition coefficient (Wildman–Crippen LogP) is 3.73. The lowest BCUT2D eigenvalue weighted by molar-refractivity contribution is 0.0524. The molecule has 0 aliphatic heterocycles. The van der Waals surface area contributed by atoms with Crippen LogP contribution in [0.4, 0.5) is 5.69 Å². The van der Waals surface area contributed by atoms with Gasteiger partial charge in [0.25, 0.3) is 5.91 Å². The number of amides is 1. The lowest BCUT2D eigenvalue weighted by Gasteiger charge is -2.14. The van der Waals surface area contributed by atoms with Crippen molar-refractivity contribution in [1.82, 2.24) is 0 Å². The average Bonchev–Trinajstić information content (AvgIpc) is 2.51. The molecule has 0 saturated carbocycles. The smallest absolute Gasteiger partial charge is 0.338 e. The molecule has 22 heavy (non-hydrogen) atoms. The van der Waals surface area contributed by atoms with E-state index in [-0.39, 0.29) is 11.9 Å². The number of hydrogen-bond donors (Lipinski definition) is 1. The number of anilines is 1. The van der Waals surface area contributed by atoms with Gasteiger partial charge in [-0.3, -0.25) is 4.79 Å². The molecule has 0 heterocycles. The van der Waals surface area contributed by atoms with Crippen molar-refractivity contribution in [2.45, 2.75) is 20.8 Å². The molecule has 2 aromatic rings. The summed E-state index contributed by atoms with van der Waals surface area (Å²) in [5.74, 6) is -0.573. The highest BCUT2D eigenvalue weighted by atomic mass is 16.5. The highest BCUT2D eigenvalue weighted by Gasteiger charge is 2.17. The van der Waals surface area contributed by atoms with E-state index >= 15 is 0 Å². The molecule has 1 N–H and O–H groups in total. The minimum atomic E-state index is -0.367. The topological polar surface area (TPSA) is 55.4 Å². The largest absolute Gasteiger partial charge is 0.462 e. The summed E-state index contributed by atoms with van der Waals surface area (Å²) in [7, 11) is 0. The molecule has 2 rings (SSSR count). The van der Waals surface area contributed by atoms with Crippen LogP contribution in [-0.2, 0) is 4.74 Å². The van der Waals surface area contributed by atoms with Gasteiger partial charge in [-0.15, -0.1) is 0 Å². The number of hydrogen-bond acceptors (Lipinski definition) is 3. The third-order valence-corrected chi connectivity index (χ3v) is 3.44. The molecular weight excluding hydrogens is 278 g/mol. The van der Waals surface area contributed by atoms with Crippen molar-refractivity contribution >= 4 is 17.6 Å². The SMILES string of the molecule is CCOC(=O)c1c(C)ccc(NC(=O)c2ccccc2)c1C. The van der Waals surface area contributed by atoms with Crippen molar-refractivity contribution < 1.29 is 14.3 Å². The zero-order valence-electron chi connectivity index (χ0n) is 13.0. The standard InChI is InChI=1S/C18H19NO3/c1-4-22-18(21)16-12(2)10-11-15(13(16)3)19-17(20)14-8-6-5-7-9-14/h5-11H,4H2,1-3H3,(H,19,20). The van der Waals surface area contributed by atoms with Crippen LogP contribution in [0.2, 0.25) is 0 Å². The summed E-state index contributed by atoms with van der Waals surface area (Å²) in [4.78, 5) is 24.3. The zero-order chi connectivity index (χ0) is 16.1. The molecule has 0 fully saturated rings. The first-order chi connectivity index (χ1) is 10.5. The summed E-state index contributed by atoms with van der Waals surface area (Å²) in [6.07, 6.45) is 0. The molecule has 114 valence electrons. The maximum Gasteiger partial charge on any atom is 0.338 e. The minimum absolute atomic E-state index is 0.206. The van der Waals surface area contributed by atoms with E-state index in [1.807, 2.05) is 13.0 Å². The molecule has 0 saturated heterocycles. The Labute approximate surface area is 130 Å². The normalized spacial score (nSPS) is 10.1. The lowest BCUT2D eigenvalue weighted by Crippen LogP contribution is -2.15. The maximum atomic E-state index is 12.2. The van der Waals surface area contributed by atoms with Gasteiger partial charge < -0.3 is 10.1 Å². The van der Waals surface area contributed by atoms with Crippen molar-refractivity contribution in [2.75, 3.05) is 11.9 Å². The number of carbonyl (C=O) groups excluding carboxylic acids is 2. The van der Waals surface area contributed by atoms with Crippen LogP contribution < -0.4 is 5.32 Å². The summed E-state index contributed by atoms with van der Waals surface area (Å²) in [5.41, 5.74) is 3.23. The third kappa shape index (κ3) is 3.34.